The molecule has 18 heavy (non-hydrogen) atoms. The summed E-state index contributed by atoms with van der Waals surface area (Å²) in [5, 5.41) is 0. The van der Waals surface area contributed by atoms with Gasteiger partial charge in [0.2, 0.25) is 0 Å². The Bertz CT molecular complexity index is 453. The first-order valence-electron chi connectivity index (χ1n) is 6.37. The molecule has 0 aliphatic heterocycles. The van der Waals surface area contributed by atoms with E-state index in [2.05, 4.69) is 0 Å². The topological polar surface area (TPSA) is 35.5 Å². The number of ether oxygens (including phenoxy) is 2. The Morgan fingerprint density at radius 3 is 2.44 bits per heavy atom. The van der Waals surface area contributed by atoms with Gasteiger partial charge in [-0.1, -0.05) is 12.5 Å². The molecule has 0 bridgehead atoms. The highest BCUT2D eigenvalue weighted by atomic mass is 16.5. The van der Waals surface area contributed by atoms with Crippen molar-refractivity contribution in [2.45, 2.75) is 38.0 Å². The van der Waals surface area contributed by atoms with E-state index in [0.29, 0.717) is 23.7 Å². The van der Waals surface area contributed by atoms with E-state index in [1.807, 2.05) is 25.1 Å². The van der Waals surface area contributed by atoms with Gasteiger partial charge in [0.1, 0.15) is 5.78 Å². The van der Waals surface area contributed by atoms with Crippen LogP contribution in [0, 0.1) is 0 Å². The van der Waals surface area contributed by atoms with Crippen molar-refractivity contribution in [3.05, 3.63) is 23.8 Å². The lowest BCUT2D eigenvalue weighted by molar-refractivity contribution is -0.125. The molecule has 1 unspecified atom stereocenters. The van der Waals surface area contributed by atoms with E-state index in [1.54, 1.807) is 14.2 Å². The van der Waals surface area contributed by atoms with Crippen molar-refractivity contribution >= 4 is 5.78 Å². The molecule has 3 nitrogen and oxygen atoms in total. The van der Waals surface area contributed by atoms with Crippen LogP contribution in [0.1, 0.15) is 38.2 Å². The number of hydrogen-bond donors (Lipinski definition) is 0. The third-order valence-electron chi connectivity index (χ3n) is 3.97. The van der Waals surface area contributed by atoms with Crippen LogP contribution in [0.15, 0.2) is 18.2 Å². The Hall–Kier alpha value is -1.51. The number of rotatable bonds is 3. The summed E-state index contributed by atoms with van der Waals surface area (Å²) in [6, 6.07) is 5.79. The Labute approximate surface area is 108 Å². The minimum Gasteiger partial charge on any atom is -0.493 e. The summed E-state index contributed by atoms with van der Waals surface area (Å²) < 4.78 is 10.5. The van der Waals surface area contributed by atoms with Crippen LogP contribution in [0.5, 0.6) is 11.5 Å². The van der Waals surface area contributed by atoms with Crippen LogP contribution >= 0.6 is 0 Å². The highest BCUT2D eigenvalue weighted by Crippen LogP contribution is 2.39. The van der Waals surface area contributed by atoms with Gasteiger partial charge in [-0.25, -0.2) is 0 Å². The minimum atomic E-state index is -0.363. The molecule has 1 aliphatic rings. The number of hydrogen-bond acceptors (Lipinski definition) is 3. The summed E-state index contributed by atoms with van der Waals surface area (Å²) in [4.78, 5) is 12.2. The molecule has 1 aromatic carbocycles. The molecule has 98 valence electrons. The smallest absolute Gasteiger partial charge is 0.161 e. The molecular formula is C15H20O3. The van der Waals surface area contributed by atoms with Crippen molar-refractivity contribution in [1.82, 2.24) is 0 Å². The van der Waals surface area contributed by atoms with Crippen molar-refractivity contribution in [3.8, 4) is 11.5 Å². The molecule has 0 saturated heterocycles. The van der Waals surface area contributed by atoms with Crippen LogP contribution in [0.25, 0.3) is 0 Å². The number of carbonyl (C=O) groups excluding carboxylic acids is 1. The molecule has 0 N–H and O–H groups in total. The molecule has 1 aromatic rings. The highest BCUT2D eigenvalue weighted by molar-refractivity contribution is 5.90. The molecule has 1 atom stereocenters. The molecule has 2 rings (SSSR count). The van der Waals surface area contributed by atoms with Crippen LogP contribution in [0.2, 0.25) is 0 Å². The number of carbonyl (C=O) groups is 1. The molecule has 0 radical (unpaired) electrons. The standard InChI is InChI=1S/C15H20O3/c1-15(9-5-4-6-14(15)16)11-7-8-12(17-2)13(10-11)18-3/h7-8,10H,4-6,9H2,1-3H3. The van der Waals surface area contributed by atoms with Crippen LogP contribution in [-0.4, -0.2) is 20.0 Å². The molecule has 1 saturated carbocycles. The van der Waals surface area contributed by atoms with Gasteiger partial charge in [-0.3, -0.25) is 4.79 Å². The Balaban J connectivity index is 2.41. The van der Waals surface area contributed by atoms with Crippen molar-refractivity contribution in [3.63, 3.8) is 0 Å². The lowest BCUT2D eigenvalue weighted by Crippen LogP contribution is -2.35. The number of Topliss-reactive ketones (excluding diaryl/α,β-unsaturated/α-hetero) is 1. The first kappa shape index (κ1) is 12.9. The summed E-state index contributed by atoms with van der Waals surface area (Å²) in [6.45, 7) is 2.04. The summed E-state index contributed by atoms with van der Waals surface area (Å²) in [5.74, 6) is 1.73. The van der Waals surface area contributed by atoms with Gasteiger partial charge in [0.05, 0.1) is 19.6 Å². The van der Waals surface area contributed by atoms with Gasteiger partial charge >= 0.3 is 0 Å². The van der Waals surface area contributed by atoms with E-state index in [1.165, 1.54) is 0 Å². The summed E-state index contributed by atoms with van der Waals surface area (Å²) >= 11 is 0. The van der Waals surface area contributed by atoms with E-state index in [4.69, 9.17) is 9.47 Å². The SMILES string of the molecule is COc1ccc(C2(C)CCCCC2=O)cc1OC. The summed E-state index contributed by atoms with van der Waals surface area (Å²) in [6.07, 6.45) is 3.73. The molecule has 0 spiro atoms. The third kappa shape index (κ3) is 2.09. The van der Waals surface area contributed by atoms with Crippen LogP contribution in [0.3, 0.4) is 0 Å². The van der Waals surface area contributed by atoms with Gasteiger partial charge < -0.3 is 9.47 Å². The number of ketones is 1. The first-order chi connectivity index (χ1) is 8.61. The molecule has 0 aromatic heterocycles. The van der Waals surface area contributed by atoms with Crippen molar-refractivity contribution in [1.29, 1.82) is 0 Å². The second kappa shape index (κ2) is 5.01. The maximum atomic E-state index is 12.2. The Morgan fingerprint density at radius 1 is 1.11 bits per heavy atom. The first-order valence-corrected chi connectivity index (χ1v) is 6.37. The Kier molecular flexibility index (Phi) is 3.60. The van der Waals surface area contributed by atoms with E-state index in [0.717, 1.165) is 24.8 Å². The van der Waals surface area contributed by atoms with Gasteiger partial charge in [0.15, 0.2) is 11.5 Å². The summed E-state index contributed by atoms with van der Waals surface area (Å²) in [7, 11) is 3.23. The fraction of sp³-hybridized carbons (Fsp3) is 0.533. The van der Waals surface area contributed by atoms with Gasteiger partial charge in [-0.2, -0.15) is 0 Å². The van der Waals surface area contributed by atoms with Gasteiger partial charge in [0.25, 0.3) is 0 Å². The summed E-state index contributed by atoms with van der Waals surface area (Å²) in [5.41, 5.74) is 0.669. The fourth-order valence-electron chi connectivity index (χ4n) is 2.66. The zero-order chi connectivity index (χ0) is 13.2. The third-order valence-corrected chi connectivity index (χ3v) is 3.97. The lowest BCUT2D eigenvalue weighted by atomic mass is 9.70. The molecular weight excluding hydrogens is 228 g/mol. The molecule has 1 fully saturated rings. The van der Waals surface area contributed by atoms with E-state index >= 15 is 0 Å². The van der Waals surface area contributed by atoms with Crippen molar-refractivity contribution in [2.24, 2.45) is 0 Å². The largest absolute Gasteiger partial charge is 0.493 e. The second-order valence-corrected chi connectivity index (χ2v) is 5.03. The predicted molar refractivity (Wildman–Crippen MR) is 70.4 cm³/mol. The molecule has 1 aliphatic carbocycles. The normalized spacial score (nSPS) is 23.8. The van der Waals surface area contributed by atoms with Crippen LogP contribution in [-0.2, 0) is 10.2 Å². The maximum absolute atomic E-state index is 12.2. The van der Waals surface area contributed by atoms with E-state index in [9.17, 15) is 4.79 Å². The Morgan fingerprint density at radius 2 is 1.83 bits per heavy atom. The minimum absolute atomic E-state index is 0.334. The van der Waals surface area contributed by atoms with Gasteiger partial charge in [-0.15, -0.1) is 0 Å². The fourth-order valence-corrected chi connectivity index (χ4v) is 2.66. The van der Waals surface area contributed by atoms with Crippen LogP contribution < -0.4 is 9.47 Å². The predicted octanol–water partition coefficient (Wildman–Crippen LogP) is 3.10. The van der Waals surface area contributed by atoms with Crippen molar-refractivity contribution in [2.75, 3.05) is 14.2 Å². The van der Waals surface area contributed by atoms with Crippen LogP contribution in [0.4, 0.5) is 0 Å². The maximum Gasteiger partial charge on any atom is 0.161 e. The molecule has 0 heterocycles. The number of methoxy groups -OCH3 is 2. The highest BCUT2D eigenvalue weighted by Gasteiger charge is 2.37. The monoisotopic (exact) mass is 248 g/mol. The van der Waals surface area contributed by atoms with E-state index in [-0.39, 0.29) is 5.41 Å². The van der Waals surface area contributed by atoms with Gasteiger partial charge in [-0.05, 0) is 37.5 Å². The van der Waals surface area contributed by atoms with Crippen molar-refractivity contribution < 1.29 is 14.3 Å². The molecule has 3 heteroatoms. The number of benzene rings is 1. The zero-order valence-electron chi connectivity index (χ0n) is 11.3. The quantitative estimate of drug-likeness (QED) is 0.824. The zero-order valence-corrected chi connectivity index (χ0v) is 11.3. The lowest BCUT2D eigenvalue weighted by Gasteiger charge is -2.32. The second-order valence-electron chi connectivity index (χ2n) is 5.03. The molecule has 0 amide bonds. The van der Waals surface area contributed by atoms with E-state index < -0.39 is 0 Å². The van der Waals surface area contributed by atoms with Gasteiger partial charge in [0, 0.05) is 6.42 Å². The average molecular weight is 248 g/mol. The average Bonchev–Trinajstić information content (AvgIpc) is 2.41.